The van der Waals surface area contributed by atoms with Crippen LogP contribution in [0.1, 0.15) is 15.4 Å². The van der Waals surface area contributed by atoms with Crippen molar-refractivity contribution in [2.75, 3.05) is 0 Å². The number of aryl methyl sites for hydroxylation is 1. The highest BCUT2D eigenvalue weighted by atomic mass is 79.9. The van der Waals surface area contributed by atoms with Crippen molar-refractivity contribution in [3.63, 3.8) is 0 Å². The summed E-state index contributed by atoms with van der Waals surface area (Å²) in [4.78, 5) is 25.6. The van der Waals surface area contributed by atoms with Crippen LogP contribution in [0.3, 0.4) is 0 Å². The minimum Gasteiger partial charge on any atom is -0.460 e. The minimum atomic E-state index is -0.435. The number of fused-ring (bicyclic) bond motifs is 1. The first-order chi connectivity index (χ1) is 13.0. The van der Waals surface area contributed by atoms with E-state index < -0.39 is 5.97 Å². The first-order valence-electron chi connectivity index (χ1n) is 8.12. The number of thiophene rings is 1. The Morgan fingerprint density at radius 1 is 1.11 bits per heavy atom. The van der Waals surface area contributed by atoms with Crippen LogP contribution in [0.2, 0.25) is 0 Å². The Hall–Kier alpha value is -2.70. The molecule has 0 saturated heterocycles. The van der Waals surface area contributed by atoms with E-state index in [0.717, 1.165) is 10.0 Å². The Bertz CT molecular complexity index is 1190. The van der Waals surface area contributed by atoms with Crippen molar-refractivity contribution < 1.29 is 13.9 Å². The van der Waals surface area contributed by atoms with E-state index in [2.05, 4.69) is 15.9 Å². The number of halogens is 1. The van der Waals surface area contributed by atoms with Gasteiger partial charge < -0.3 is 9.15 Å². The molecule has 0 unspecified atom stereocenters. The summed E-state index contributed by atoms with van der Waals surface area (Å²) in [6.07, 6.45) is 0. The fourth-order valence-corrected chi connectivity index (χ4v) is 3.71. The number of carbonyl (C=O) groups excluding carboxylic acids is 1. The fourth-order valence-electron chi connectivity index (χ4n) is 2.85. The lowest BCUT2D eigenvalue weighted by atomic mass is 10.0. The number of ether oxygens (including phenoxy) is 1. The Morgan fingerprint density at radius 3 is 2.59 bits per heavy atom. The van der Waals surface area contributed by atoms with Gasteiger partial charge in [0.05, 0.1) is 10.9 Å². The third-order valence-electron chi connectivity index (χ3n) is 4.11. The highest BCUT2D eigenvalue weighted by molar-refractivity contribution is 9.10. The van der Waals surface area contributed by atoms with Gasteiger partial charge >= 0.3 is 5.97 Å². The van der Waals surface area contributed by atoms with Gasteiger partial charge in [0, 0.05) is 10.5 Å². The van der Waals surface area contributed by atoms with E-state index in [-0.39, 0.29) is 5.43 Å². The number of benzene rings is 2. The Kier molecular flexibility index (Phi) is 4.68. The maximum atomic E-state index is 13.0. The number of rotatable bonds is 3. The number of carbonyl (C=O) groups is 1. The molecular formula is C21H13BrO4S. The van der Waals surface area contributed by atoms with Crippen molar-refractivity contribution in [1.82, 2.24) is 0 Å². The number of esters is 1. The molecule has 0 N–H and O–H groups in total. The van der Waals surface area contributed by atoms with Crippen LogP contribution < -0.4 is 10.2 Å². The summed E-state index contributed by atoms with van der Waals surface area (Å²) in [5.41, 5.74) is 1.58. The number of hydrogen-bond donors (Lipinski definition) is 0. The van der Waals surface area contributed by atoms with Crippen molar-refractivity contribution in [2.24, 2.45) is 0 Å². The Morgan fingerprint density at radius 2 is 1.89 bits per heavy atom. The van der Waals surface area contributed by atoms with Crippen LogP contribution in [0, 0.1) is 6.92 Å². The second-order valence-electron chi connectivity index (χ2n) is 5.89. The summed E-state index contributed by atoms with van der Waals surface area (Å²) in [6.45, 7) is 1.75. The molecule has 0 aliphatic heterocycles. The van der Waals surface area contributed by atoms with E-state index in [1.165, 1.54) is 11.3 Å². The molecule has 2 aromatic carbocycles. The van der Waals surface area contributed by atoms with E-state index in [0.29, 0.717) is 32.9 Å². The smallest absolute Gasteiger partial charge is 0.353 e. The third-order valence-corrected chi connectivity index (χ3v) is 5.48. The molecule has 4 rings (SSSR count). The molecule has 0 radical (unpaired) electrons. The van der Waals surface area contributed by atoms with Gasteiger partial charge in [-0.1, -0.05) is 34.1 Å². The average Bonchev–Trinajstić information content (AvgIpc) is 3.18. The lowest BCUT2D eigenvalue weighted by molar-refractivity contribution is 0.0740. The van der Waals surface area contributed by atoms with Crippen molar-refractivity contribution in [3.05, 3.63) is 85.3 Å². The van der Waals surface area contributed by atoms with Gasteiger partial charge in [-0.15, -0.1) is 11.3 Å². The standard InChI is InChI=1S/C21H13BrO4S/c1-12-19(13-4-6-14(22)7-5-13)20(23)16-9-8-15(11-17(16)25-12)26-21(24)18-3-2-10-27-18/h2-11H,1H3. The minimum absolute atomic E-state index is 0.118. The monoisotopic (exact) mass is 440 g/mol. The molecule has 0 spiro atoms. The van der Waals surface area contributed by atoms with Gasteiger partial charge in [-0.3, -0.25) is 4.79 Å². The summed E-state index contributed by atoms with van der Waals surface area (Å²) in [6, 6.07) is 15.8. The van der Waals surface area contributed by atoms with Crippen LogP contribution in [-0.4, -0.2) is 5.97 Å². The van der Waals surface area contributed by atoms with Gasteiger partial charge in [-0.2, -0.15) is 0 Å². The normalized spacial score (nSPS) is 10.9. The first-order valence-corrected chi connectivity index (χ1v) is 9.79. The Labute approximate surface area is 167 Å². The fraction of sp³-hybridized carbons (Fsp3) is 0.0476. The molecule has 0 saturated carbocycles. The van der Waals surface area contributed by atoms with Gasteiger partial charge in [0.1, 0.15) is 22.0 Å². The molecule has 4 nitrogen and oxygen atoms in total. The summed E-state index contributed by atoms with van der Waals surface area (Å²) in [5.74, 6) is 0.409. The number of hydrogen-bond acceptors (Lipinski definition) is 5. The van der Waals surface area contributed by atoms with Crippen molar-refractivity contribution in [1.29, 1.82) is 0 Å². The zero-order chi connectivity index (χ0) is 19.0. The molecular weight excluding hydrogens is 428 g/mol. The second-order valence-corrected chi connectivity index (χ2v) is 7.76. The molecule has 0 amide bonds. The van der Waals surface area contributed by atoms with Gasteiger partial charge in [-0.05, 0) is 48.2 Å². The van der Waals surface area contributed by atoms with Crippen LogP contribution in [0.15, 0.2) is 73.7 Å². The second kappa shape index (κ2) is 7.13. The van der Waals surface area contributed by atoms with Crippen molar-refractivity contribution in [3.8, 4) is 16.9 Å². The topological polar surface area (TPSA) is 56.5 Å². The van der Waals surface area contributed by atoms with Gasteiger partial charge in [0.2, 0.25) is 5.43 Å². The molecule has 0 bridgehead atoms. The molecule has 2 aromatic heterocycles. The lowest BCUT2D eigenvalue weighted by Gasteiger charge is -2.09. The predicted molar refractivity (Wildman–Crippen MR) is 110 cm³/mol. The van der Waals surface area contributed by atoms with E-state index in [1.54, 1.807) is 37.3 Å². The van der Waals surface area contributed by atoms with E-state index in [9.17, 15) is 9.59 Å². The molecule has 27 heavy (non-hydrogen) atoms. The van der Waals surface area contributed by atoms with Crippen LogP contribution in [0.25, 0.3) is 22.1 Å². The lowest BCUT2D eigenvalue weighted by Crippen LogP contribution is -2.09. The predicted octanol–water partition coefficient (Wildman–Crippen LogP) is 5.81. The molecule has 0 aliphatic carbocycles. The maximum absolute atomic E-state index is 13.0. The van der Waals surface area contributed by atoms with Crippen molar-refractivity contribution >= 4 is 44.2 Å². The Balaban J connectivity index is 1.75. The van der Waals surface area contributed by atoms with E-state index in [1.807, 2.05) is 29.6 Å². The van der Waals surface area contributed by atoms with E-state index in [4.69, 9.17) is 9.15 Å². The van der Waals surface area contributed by atoms with Crippen LogP contribution in [0.5, 0.6) is 5.75 Å². The quantitative estimate of drug-likeness (QED) is 0.297. The molecule has 4 aromatic rings. The van der Waals surface area contributed by atoms with Gasteiger partial charge in [-0.25, -0.2) is 4.79 Å². The largest absolute Gasteiger partial charge is 0.460 e. The maximum Gasteiger partial charge on any atom is 0.353 e. The van der Waals surface area contributed by atoms with Gasteiger partial charge in [0.25, 0.3) is 0 Å². The third kappa shape index (κ3) is 3.46. The summed E-state index contributed by atoms with van der Waals surface area (Å²) in [7, 11) is 0. The highest BCUT2D eigenvalue weighted by Crippen LogP contribution is 2.27. The SMILES string of the molecule is Cc1oc2cc(OC(=O)c3cccs3)ccc2c(=O)c1-c1ccc(Br)cc1. The summed E-state index contributed by atoms with van der Waals surface area (Å²) in [5, 5.41) is 2.25. The molecule has 134 valence electrons. The van der Waals surface area contributed by atoms with Crippen LogP contribution in [0.4, 0.5) is 0 Å². The first kappa shape index (κ1) is 17.7. The van der Waals surface area contributed by atoms with E-state index >= 15 is 0 Å². The molecule has 2 heterocycles. The summed E-state index contributed by atoms with van der Waals surface area (Å²) >= 11 is 4.70. The van der Waals surface area contributed by atoms with Crippen molar-refractivity contribution in [2.45, 2.75) is 6.92 Å². The van der Waals surface area contributed by atoms with Crippen LogP contribution in [-0.2, 0) is 0 Å². The average molecular weight is 441 g/mol. The molecule has 0 atom stereocenters. The zero-order valence-corrected chi connectivity index (χ0v) is 16.6. The van der Waals surface area contributed by atoms with Crippen LogP contribution >= 0.6 is 27.3 Å². The highest BCUT2D eigenvalue weighted by Gasteiger charge is 2.15. The molecule has 6 heteroatoms. The molecule has 0 aliphatic rings. The van der Waals surface area contributed by atoms with Gasteiger partial charge in [0.15, 0.2) is 0 Å². The zero-order valence-electron chi connectivity index (χ0n) is 14.2. The summed E-state index contributed by atoms with van der Waals surface area (Å²) < 4.78 is 12.2. The molecule has 0 fully saturated rings.